The molecule has 0 fully saturated rings. The predicted octanol–water partition coefficient (Wildman–Crippen LogP) is 1.88. The summed E-state index contributed by atoms with van der Waals surface area (Å²) in [5, 5.41) is 16.2. The molecule has 2 rings (SSSR count). The zero-order valence-corrected chi connectivity index (χ0v) is 12.3. The first-order valence-electron chi connectivity index (χ1n) is 6.13. The van der Waals surface area contributed by atoms with E-state index in [2.05, 4.69) is 14.9 Å². The first kappa shape index (κ1) is 14.5. The second-order valence-corrected chi connectivity index (χ2v) is 6.35. The van der Waals surface area contributed by atoms with Crippen molar-refractivity contribution >= 4 is 15.7 Å². The van der Waals surface area contributed by atoms with E-state index in [9.17, 15) is 13.5 Å². The van der Waals surface area contributed by atoms with Gasteiger partial charge in [0.1, 0.15) is 0 Å². The van der Waals surface area contributed by atoms with Crippen molar-refractivity contribution in [3.8, 4) is 0 Å². The van der Waals surface area contributed by atoms with Gasteiger partial charge < -0.3 is 5.11 Å². The molecule has 0 saturated carbocycles. The van der Waals surface area contributed by atoms with Crippen LogP contribution in [0.5, 0.6) is 0 Å². The summed E-state index contributed by atoms with van der Waals surface area (Å²) in [6, 6.07) is 6.22. The molecule has 6 nitrogen and oxygen atoms in total. The number of nitrogens with zero attached hydrogens (tertiary/aromatic N) is 1. The molecule has 1 aromatic heterocycles. The quantitative estimate of drug-likeness (QED) is 0.802. The highest BCUT2D eigenvalue weighted by Gasteiger charge is 2.18. The number of hydrogen-bond donors (Lipinski definition) is 3. The minimum absolute atomic E-state index is 0.107. The van der Waals surface area contributed by atoms with E-state index < -0.39 is 16.1 Å². The molecule has 108 valence electrons. The summed E-state index contributed by atoms with van der Waals surface area (Å²) in [5.74, 6) is 0. The van der Waals surface area contributed by atoms with Crippen LogP contribution in [0.15, 0.2) is 29.2 Å². The van der Waals surface area contributed by atoms with Crippen LogP contribution in [0.4, 0.5) is 5.69 Å². The number of aromatic amines is 1. The summed E-state index contributed by atoms with van der Waals surface area (Å²) in [6.07, 6.45) is -0.720. The number of aryl methyl sites for hydroxylation is 2. The average molecular weight is 295 g/mol. The van der Waals surface area contributed by atoms with Crippen LogP contribution in [-0.2, 0) is 10.0 Å². The number of aliphatic hydroxyl groups excluding tert-OH is 1. The van der Waals surface area contributed by atoms with Crippen LogP contribution in [0.3, 0.4) is 0 Å². The molecule has 0 saturated heterocycles. The highest BCUT2D eigenvalue weighted by atomic mass is 32.2. The van der Waals surface area contributed by atoms with Gasteiger partial charge in [-0.3, -0.25) is 9.82 Å². The third-order valence-corrected chi connectivity index (χ3v) is 4.36. The molecular weight excluding hydrogens is 278 g/mol. The van der Waals surface area contributed by atoms with Crippen molar-refractivity contribution in [2.24, 2.45) is 0 Å². The number of H-pyrrole nitrogens is 1. The molecule has 0 radical (unpaired) electrons. The van der Waals surface area contributed by atoms with E-state index >= 15 is 0 Å². The van der Waals surface area contributed by atoms with Gasteiger partial charge in [-0.2, -0.15) is 5.10 Å². The average Bonchev–Trinajstić information content (AvgIpc) is 2.70. The maximum atomic E-state index is 12.3. The molecule has 7 heteroatoms. The maximum Gasteiger partial charge on any atom is 0.262 e. The number of benzene rings is 1. The van der Waals surface area contributed by atoms with Crippen LogP contribution >= 0.6 is 0 Å². The summed E-state index contributed by atoms with van der Waals surface area (Å²) in [5.41, 5.74) is 2.23. The van der Waals surface area contributed by atoms with E-state index in [1.807, 2.05) is 0 Å². The number of rotatable bonds is 4. The van der Waals surface area contributed by atoms with Gasteiger partial charge in [-0.05, 0) is 38.5 Å². The first-order chi connectivity index (χ1) is 9.31. The van der Waals surface area contributed by atoms with Gasteiger partial charge >= 0.3 is 0 Å². The molecule has 1 unspecified atom stereocenters. The van der Waals surface area contributed by atoms with E-state index in [-0.39, 0.29) is 4.90 Å². The van der Waals surface area contributed by atoms with Crippen molar-refractivity contribution in [2.75, 3.05) is 4.72 Å². The fourth-order valence-electron chi connectivity index (χ4n) is 1.84. The van der Waals surface area contributed by atoms with Gasteiger partial charge in [0.05, 0.1) is 28.1 Å². The number of aliphatic hydroxyl groups is 1. The van der Waals surface area contributed by atoms with Crippen molar-refractivity contribution in [3.05, 3.63) is 41.2 Å². The van der Waals surface area contributed by atoms with Gasteiger partial charge in [0.15, 0.2) is 0 Å². The van der Waals surface area contributed by atoms with E-state index in [1.165, 1.54) is 12.1 Å². The molecule has 2 aromatic rings. The number of sulfonamides is 1. The van der Waals surface area contributed by atoms with Crippen LogP contribution in [0, 0.1) is 13.8 Å². The zero-order chi connectivity index (χ0) is 14.9. The van der Waals surface area contributed by atoms with Crippen LogP contribution in [-0.4, -0.2) is 23.7 Å². The minimum Gasteiger partial charge on any atom is -0.389 e. The van der Waals surface area contributed by atoms with Gasteiger partial charge in [-0.15, -0.1) is 0 Å². The lowest BCUT2D eigenvalue weighted by molar-refractivity contribution is 0.199. The van der Waals surface area contributed by atoms with Crippen LogP contribution in [0.25, 0.3) is 0 Å². The largest absolute Gasteiger partial charge is 0.389 e. The number of hydrogen-bond acceptors (Lipinski definition) is 4. The van der Waals surface area contributed by atoms with Gasteiger partial charge in [-0.25, -0.2) is 8.42 Å². The predicted molar refractivity (Wildman–Crippen MR) is 75.9 cm³/mol. The Balaban J connectivity index is 2.38. The monoisotopic (exact) mass is 295 g/mol. The van der Waals surface area contributed by atoms with Crippen LogP contribution in [0.1, 0.15) is 30.0 Å². The molecule has 0 spiro atoms. The molecule has 0 aliphatic heterocycles. The van der Waals surface area contributed by atoms with E-state index in [0.29, 0.717) is 22.6 Å². The molecule has 0 aliphatic carbocycles. The lowest BCUT2D eigenvalue weighted by Crippen LogP contribution is -2.14. The van der Waals surface area contributed by atoms with Gasteiger partial charge in [0.2, 0.25) is 0 Å². The molecule has 1 aromatic carbocycles. The molecular formula is C13H17N3O3S. The van der Waals surface area contributed by atoms with Gasteiger partial charge in [0, 0.05) is 0 Å². The normalized spacial score (nSPS) is 13.2. The summed E-state index contributed by atoms with van der Waals surface area (Å²) in [6.45, 7) is 5.04. The van der Waals surface area contributed by atoms with Crippen LogP contribution < -0.4 is 4.72 Å². The highest BCUT2D eigenvalue weighted by molar-refractivity contribution is 7.92. The summed E-state index contributed by atoms with van der Waals surface area (Å²) in [7, 11) is -3.71. The number of aromatic nitrogens is 2. The third kappa shape index (κ3) is 2.83. The molecule has 3 N–H and O–H groups in total. The molecule has 1 atom stereocenters. The van der Waals surface area contributed by atoms with E-state index in [0.717, 1.165) is 0 Å². The summed E-state index contributed by atoms with van der Waals surface area (Å²) >= 11 is 0. The van der Waals surface area contributed by atoms with Crippen molar-refractivity contribution in [2.45, 2.75) is 31.8 Å². The zero-order valence-electron chi connectivity index (χ0n) is 11.5. The van der Waals surface area contributed by atoms with Crippen molar-refractivity contribution in [1.82, 2.24) is 10.2 Å². The van der Waals surface area contributed by atoms with Gasteiger partial charge in [-0.1, -0.05) is 12.1 Å². The Morgan fingerprint density at radius 3 is 2.60 bits per heavy atom. The smallest absolute Gasteiger partial charge is 0.262 e. The van der Waals surface area contributed by atoms with Crippen LogP contribution in [0.2, 0.25) is 0 Å². The summed E-state index contributed by atoms with van der Waals surface area (Å²) < 4.78 is 27.2. The van der Waals surface area contributed by atoms with Crippen molar-refractivity contribution < 1.29 is 13.5 Å². The SMILES string of the molecule is Cc1n[nH]c(C)c1NS(=O)(=O)c1cccc(C(C)O)c1. The van der Waals surface area contributed by atoms with E-state index in [4.69, 9.17) is 0 Å². The number of anilines is 1. The Bertz CT molecular complexity index is 701. The Kier molecular flexibility index (Phi) is 3.82. The van der Waals surface area contributed by atoms with E-state index in [1.54, 1.807) is 32.9 Å². The Morgan fingerprint density at radius 1 is 1.35 bits per heavy atom. The fourth-order valence-corrected chi connectivity index (χ4v) is 3.07. The maximum absolute atomic E-state index is 12.3. The molecule has 0 amide bonds. The Morgan fingerprint density at radius 2 is 2.05 bits per heavy atom. The lowest BCUT2D eigenvalue weighted by atomic mass is 10.1. The Labute approximate surface area is 117 Å². The molecule has 20 heavy (non-hydrogen) atoms. The topological polar surface area (TPSA) is 95.1 Å². The Hall–Kier alpha value is -1.86. The number of nitrogens with one attached hydrogen (secondary N) is 2. The molecule has 0 aliphatic rings. The fraction of sp³-hybridized carbons (Fsp3) is 0.308. The first-order valence-corrected chi connectivity index (χ1v) is 7.62. The second kappa shape index (κ2) is 5.26. The third-order valence-electron chi connectivity index (χ3n) is 3.02. The van der Waals surface area contributed by atoms with Gasteiger partial charge in [0.25, 0.3) is 10.0 Å². The highest BCUT2D eigenvalue weighted by Crippen LogP contribution is 2.23. The minimum atomic E-state index is -3.71. The second-order valence-electron chi connectivity index (χ2n) is 4.66. The summed E-state index contributed by atoms with van der Waals surface area (Å²) in [4.78, 5) is 0.107. The molecule has 0 bridgehead atoms. The lowest BCUT2D eigenvalue weighted by Gasteiger charge is -2.10. The van der Waals surface area contributed by atoms with Crippen molar-refractivity contribution in [3.63, 3.8) is 0 Å². The standard InChI is InChI=1S/C13H17N3O3S/c1-8-13(9(2)15-14-8)16-20(18,19)12-6-4-5-11(7-12)10(3)17/h4-7,10,16-17H,1-3H3,(H,14,15). The molecule has 1 heterocycles. The van der Waals surface area contributed by atoms with Crippen molar-refractivity contribution in [1.29, 1.82) is 0 Å².